The second-order valence-corrected chi connectivity index (χ2v) is 3.37. The van der Waals surface area contributed by atoms with Gasteiger partial charge in [-0.2, -0.15) is 0 Å². The van der Waals surface area contributed by atoms with Gasteiger partial charge < -0.3 is 11.3 Å². The molecule has 0 aliphatic heterocycles. The van der Waals surface area contributed by atoms with Crippen molar-refractivity contribution in [3.05, 3.63) is 0 Å². The van der Waals surface area contributed by atoms with E-state index in [1.807, 2.05) is 6.92 Å². The van der Waals surface area contributed by atoms with Gasteiger partial charge in [0.25, 0.3) is 0 Å². The van der Waals surface area contributed by atoms with Gasteiger partial charge in [0.2, 0.25) is 0 Å². The lowest BCUT2D eigenvalue weighted by Gasteiger charge is -2.24. The summed E-state index contributed by atoms with van der Waals surface area (Å²) in [7, 11) is 0. The first-order valence-corrected chi connectivity index (χ1v) is 5.14. The summed E-state index contributed by atoms with van der Waals surface area (Å²) < 4.78 is 0. The van der Waals surface area contributed by atoms with Crippen molar-refractivity contribution in [2.75, 3.05) is 13.1 Å². The second kappa shape index (κ2) is 9.96. The summed E-state index contributed by atoms with van der Waals surface area (Å²) in [5.74, 6) is 0. The first kappa shape index (κ1) is 15.4. The third-order valence-electron chi connectivity index (χ3n) is 2.13. The van der Waals surface area contributed by atoms with Crippen molar-refractivity contribution in [1.82, 2.24) is 11.1 Å². The van der Waals surface area contributed by atoms with Gasteiger partial charge in [0.15, 0.2) is 0 Å². The van der Waals surface area contributed by atoms with Gasteiger partial charge in [-0.1, -0.05) is 26.7 Å². The number of unbranched alkanes of at least 4 members (excludes halogenated alkanes) is 2. The van der Waals surface area contributed by atoms with Crippen LogP contribution in [0.25, 0.3) is 0 Å². The molecular weight excluding hydrogens is 164 g/mol. The lowest BCUT2D eigenvalue weighted by atomic mass is 10.2. The lowest BCUT2D eigenvalue weighted by molar-refractivity contribution is 0.0169. The number of rotatable bonds is 7. The monoisotopic (exact) mass is 190 g/mol. The summed E-state index contributed by atoms with van der Waals surface area (Å²) >= 11 is 0. The van der Waals surface area contributed by atoms with Crippen LogP contribution in [-0.2, 0) is 0 Å². The molecule has 0 aliphatic rings. The van der Waals surface area contributed by atoms with Crippen molar-refractivity contribution in [3.63, 3.8) is 0 Å². The molecule has 0 radical (unpaired) electrons. The molecule has 3 nitrogen and oxygen atoms in total. The molecule has 0 rings (SSSR count). The van der Waals surface area contributed by atoms with E-state index in [4.69, 9.17) is 0 Å². The Kier molecular flexibility index (Phi) is 11.8. The van der Waals surface area contributed by atoms with Gasteiger partial charge in [-0.05, 0) is 19.8 Å². The molecule has 0 aromatic rings. The fraction of sp³-hybridized carbons (Fsp3) is 1.00. The summed E-state index contributed by atoms with van der Waals surface area (Å²) in [5.41, 5.74) is 0. The van der Waals surface area contributed by atoms with Gasteiger partial charge in [-0.3, -0.25) is 4.90 Å². The van der Waals surface area contributed by atoms with Crippen LogP contribution in [0.2, 0.25) is 0 Å². The number of nitrogens with zero attached hydrogens (tertiary/aromatic N) is 1. The van der Waals surface area contributed by atoms with Gasteiger partial charge in [0.1, 0.15) is 6.23 Å². The average Bonchev–Trinajstić information content (AvgIpc) is 2.04. The van der Waals surface area contributed by atoms with Crippen molar-refractivity contribution in [2.45, 2.75) is 52.7 Å². The summed E-state index contributed by atoms with van der Waals surface area (Å²) in [4.78, 5) is 2.15. The van der Waals surface area contributed by atoms with E-state index in [1.165, 1.54) is 25.7 Å². The predicted molar refractivity (Wildman–Crippen MR) is 58.1 cm³/mol. The molecule has 1 atom stereocenters. The Morgan fingerprint density at radius 3 is 1.69 bits per heavy atom. The maximum absolute atomic E-state index is 9.39. The minimum Gasteiger partial charge on any atom is -0.379 e. The zero-order chi connectivity index (χ0) is 9.40. The van der Waals surface area contributed by atoms with E-state index in [-0.39, 0.29) is 12.4 Å². The minimum absolute atomic E-state index is 0. The summed E-state index contributed by atoms with van der Waals surface area (Å²) in [6, 6.07) is 0. The number of hydrogen-bond donors (Lipinski definition) is 2. The Bertz CT molecular complexity index is 88.9. The Morgan fingerprint density at radius 1 is 1.08 bits per heavy atom. The Morgan fingerprint density at radius 2 is 1.46 bits per heavy atom. The molecule has 1 unspecified atom stereocenters. The van der Waals surface area contributed by atoms with Crippen molar-refractivity contribution in [1.29, 1.82) is 0 Å². The summed E-state index contributed by atoms with van der Waals surface area (Å²) in [5, 5.41) is 9.39. The van der Waals surface area contributed by atoms with Crippen molar-refractivity contribution >= 4 is 0 Å². The molecule has 0 spiro atoms. The number of aliphatic hydroxyl groups is 1. The van der Waals surface area contributed by atoms with Gasteiger partial charge >= 0.3 is 0 Å². The smallest absolute Gasteiger partial charge is 0.104 e. The van der Waals surface area contributed by atoms with Crippen LogP contribution in [0.4, 0.5) is 0 Å². The van der Waals surface area contributed by atoms with Crippen LogP contribution >= 0.6 is 0 Å². The zero-order valence-electron chi connectivity index (χ0n) is 9.42. The first-order chi connectivity index (χ1) is 5.72. The molecule has 0 aromatic heterocycles. The minimum atomic E-state index is -0.275. The van der Waals surface area contributed by atoms with Crippen LogP contribution in [0.1, 0.15) is 46.5 Å². The van der Waals surface area contributed by atoms with Gasteiger partial charge in [-0.15, -0.1) is 0 Å². The molecule has 0 bridgehead atoms. The topological polar surface area (TPSA) is 58.5 Å². The van der Waals surface area contributed by atoms with Crippen LogP contribution in [0, 0.1) is 0 Å². The second-order valence-electron chi connectivity index (χ2n) is 3.37. The molecule has 0 heterocycles. The van der Waals surface area contributed by atoms with Crippen molar-refractivity contribution in [3.8, 4) is 0 Å². The Balaban J connectivity index is 0. The van der Waals surface area contributed by atoms with Crippen molar-refractivity contribution < 1.29 is 5.11 Å². The average molecular weight is 190 g/mol. The molecule has 3 heteroatoms. The zero-order valence-corrected chi connectivity index (χ0v) is 9.42. The Labute approximate surface area is 82.7 Å². The highest BCUT2D eigenvalue weighted by Crippen LogP contribution is 2.02. The largest absolute Gasteiger partial charge is 0.379 e. The molecule has 0 saturated heterocycles. The predicted octanol–water partition coefficient (Wildman–Crippen LogP) is 2.39. The van der Waals surface area contributed by atoms with E-state index in [0.717, 1.165) is 13.1 Å². The fourth-order valence-corrected chi connectivity index (χ4v) is 1.21. The number of aliphatic hydroxyl groups excluding tert-OH is 1. The van der Waals surface area contributed by atoms with E-state index in [0.29, 0.717) is 0 Å². The standard InChI is InChI=1S/C10H23NO.H3N/c1-4-6-8-11(10(3)12)9-7-5-2;/h10,12H,4-9H2,1-3H3;1H3. The SMILES string of the molecule is CCCCN(CCCC)C(C)O.N. The lowest BCUT2D eigenvalue weighted by Crippen LogP contribution is -2.34. The van der Waals surface area contributed by atoms with Crippen LogP contribution in [0.5, 0.6) is 0 Å². The molecule has 0 aromatic carbocycles. The molecule has 82 valence electrons. The van der Waals surface area contributed by atoms with Crippen LogP contribution in [-0.4, -0.2) is 29.3 Å². The first-order valence-electron chi connectivity index (χ1n) is 5.14. The van der Waals surface area contributed by atoms with E-state index in [2.05, 4.69) is 18.7 Å². The molecule has 13 heavy (non-hydrogen) atoms. The molecule has 0 aliphatic carbocycles. The van der Waals surface area contributed by atoms with Crippen LogP contribution < -0.4 is 6.15 Å². The molecule has 0 fully saturated rings. The van der Waals surface area contributed by atoms with Gasteiger partial charge in [-0.25, -0.2) is 0 Å². The quantitative estimate of drug-likeness (QED) is 0.606. The normalized spacial score (nSPS) is 12.7. The molecular formula is C10H26N2O. The van der Waals surface area contributed by atoms with Crippen LogP contribution in [0.3, 0.4) is 0 Å². The molecule has 4 N–H and O–H groups in total. The van der Waals surface area contributed by atoms with Crippen LogP contribution in [0.15, 0.2) is 0 Å². The van der Waals surface area contributed by atoms with E-state index in [1.54, 1.807) is 0 Å². The summed E-state index contributed by atoms with van der Waals surface area (Å²) in [6.07, 6.45) is 4.51. The Hall–Kier alpha value is -0.120. The van der Waals surface area contributed by atoms with E-state index in [9.17, 15) is 5.11 Å². The highest BCUT2D eigenvalue weighted by atomic mass is 16.3. The van der Waals surface area contributed by atoms with E-state index >= 15 is 0 Å². The van der Waals surface area contributed by atoms with Gasteiger partial charge in [0, 0.05) is 13.1 Å². The maximum Gasteiger partial charge on any atom is 0.104 e. The highest BCUT2D eigenvalue weighted by Gasteiger charge is 2.08. The van der Waals surface area contributed by atoms with E-state index < -0.39 is 0 Å². The highest BCUT2D eigenvalue weighted by molar-refractivity contribution is 4.57. The third-order valence-corrected chi connectivity index (χ3v) is 2.13. The molecule has 0 saturated carbocycles. The van der Waals surface area contributed by atoms with Gasteiger partial charge in [0.05, 0.1) is 0 Å². The number of hydrogen-bond acceptors (Lipinski definition) is 3. The van der Waals surface area contributed by atoms with Crippen molar-refractivity contribution in [2.24, 2.45) is 0 Å². The third kappa shape index (κ3) is 8.22. The maximum atomic E-state index is 9.39. The summed E-state index contributed by atoms with van der Waals surface area (Å²) in [6.45, 7) is 8.29. The fourth-order valence-electron chi connectivity index (χ4n) is 1.21. The molecule has 0 amide bonds.